The van der Waals surface area contributed by atoms with Crippen molar-refractivity contribution in [3.8, 4) is 11.8 Å². The number of rotatable bonds is 3. The summed E-state index contributed by atoms with van der Waals surface area (Å²) in [6, 6.07) is 11.0. The average molecular weight is 280 g/mol. The molecule has 0 radical (unpaired) electrons. The van der Waals surface area contributed by atoms with E-state index in [2.05, 4.69) is 29.1 Å². The van der Waals surface area contributed by atoms with Crippen molar-refractivity contribution in [2.45, 2.75) is 13.3 Å². The van der Waals surface area contributed by atoms with E-state index in [0.29, 0.717) is 11.3 Å². The van der Waals surface area contributed by atoms with Gasteiger partial charge in [-0.05, 0) is 36.2 Å². The molecule has 1 amide bonds. The molecule has 1 aromatic carbocycles. The van der Waals surface area contributed by atoms with Crippen LogP contribution in [0.25, 0.3) is 0 Å². The Bertz CT molecular complexity index is 682. The second kappa shape index (κ2) is 7.22. The molecule has 106 valence electrons. The largest absolute Gasteiger partial charge is 0.384 e. The van der Waals surface area contributed by atoms with Crippen molar-refractivity contribution >= 4 is 11.6 Å². The maximum Gasteiger partial charge on any atom is 0.274 e. The summed E-state index contributed by atoms with van der Waals surface area (Å²) in [5.74, 6) is 5.00. The summed E-state index contributed by atoms with van der Waals surface area (Å²) in [6.45, 7) is 1.87. The van der Waals surface area contributed by atoms with Crippen LogP contribution in [0.5, 0.6) is 0 Å². The molecule has 0 saturated heterocycles. The molecule has 1 aromatic heterocycles. The Labute approximate surface area is 123 Å². The van der Waals surface area contributed by atoms with Gasteiger partial charge in [0.05, 0.1) is 0 Å². The first kappa shape index (κ1) is 14.8. The summed E-state index contributed by atoms with van der Waals surface area (Å²) >= 11 is 0. The molecule has 0 saturated carbocycles. The number of aliphatic hydroxyl groups is 1. The minimum absolute atomic E-state index is 0.198. The molecule has 0 unspecified atom stereocenters. The maximum atomic E-state index is 12.1. The van der Waals surface area contributed by atoms with Crippen molar-refractivity contribution in [3.63, 3.8) is 0 Å². The van der Waals surface area contributed by atoms with E-state index in [9.17, 15) is 4.79 Å². The third-order valence-corrected chi connectivity index (χ3v) is 2.90. The summed E-state index contributed by atoms with van der Waals surface area (Å²) in [4.78, 5) is 16.2. The van der Waals surface area contributed by atoms with Gasteiger partial charge < -0.3 is 10.4 Å². The number of benzene rings is 1. The lowest BCUT2D eigenvalue weighted by atomic mass is 10.1. The molecule has 0 aliphatic rings. The highest BCUT2D eigenvalue weighted by Gasteiger charge is 2.07. The van der Waals surface area contributed by atoms with E-state index in [1.54, 1.807) is 12.1 Å². The first-order valence-electron chi connectivity index (χ1n) is 6.69. The standard InChI is InChI=1S/C17H16N2O2/c1-2-13-5-3-7-15(11-13)19-17(21)16-9-8-14(12-18-16)6-4-10-20/h3,5,7-9,11-12,20H,2,10H2,1H3,(H,19,21). The number of anilines is 1. The lowest BCUT2D eigenvalue weighted by Crippen LogP contribution is -2.13. The van der Waals surface area contributed by atoms with Crippen molar-refractivity contribution in [2.75, 3.05) is 11.9 Å². The second-order valence-electron chi connectivity index (χ2n) is 4.40. The zero-order chi connectivity index (χ0) is 15.1. The minimum atomic E-state index is -0.259. The lowest BCUT2D eigenvalue weighted by molar-refractivity contribution is 0.102. The number of hydrogen-bond donors (Lipinski definition) is 2. The lowest BCUT2D eigenvalue weighted by Gasteiger charge is -2.06. The monoisotopic (exact) mass is 280 g/mol. The predicted octanol–water partition coefficient (Wildman–Crippen LogP) is 2.24. The van der Waals surface area contributed by atoms with Gasteiger partial charge in [-0.25, -0.2) is 4.98 Å². The van der Waals surface area contributed by atoms with Crippen molar-refractivity contribution in [1.82, 2.24) is 4.98 Å². The molecule has 2 N–H and O–H groups in total. The molecule has 0 spiro atoms. The van der Waals surface area contributed by atoms with Crippen LogP contribution in [0.4, 0.5) is 5.69 Å². The number of nitrogens with zero attached hydrogens (tertiary/aromatic N) is 1. The number of amides is 1. The number of pyridine rings is 1. The van der Waals surface area contributed by atoms with Gasteiger partial charge in [0.25, 0.3) is 5.91 Å². The molecule has 0 aliphatic heterocycles. The Hall–Kier alpha value is -2.64. The van der Waals surface area contributed by atoms with Crippen LogP contribution >= 0.6 is 0 Å². The SMILES string of the molecule is CCc1cccc(NC(=O)c2ccc(C#CCO)cn2)c1. The van der Waals surface area contributed by atoms with Crippen molar-refractivity contribution < 1.29 is 9.90 Å². The second-order valence-corrected chi connectivity index (χ2v) is 4.40. The van der Waals surface area contributed by atoms with Crippen LogP contribution in [-0.2, 0) is 6.42 Å². The Kier molecular flexibility index (Phi) is 5.08. The smallest absolute Gasteiger partial charge is 0.274 e. The Morgan fingerprint density at radius 1 is 1.33 bits per heavy atom. The highest BCUT2D eigenvalue weighted by molar-refractivity contribution is 6.02. The van der Waals surface area contributed by atoms with E-state index in [4.69, 9.17) is 5.11 Å². The highest BCUT2D eigenvalue weighted by atomic mass is 16.2. The third kappa shape index (κ3) is 4.16. The number of hydrogen-bond acceptors (Lipinski definition) is 3. The zero-order valence-corrected chi connectivity index (χ0v) is 11.8. The van der Waals surface area contributed by atoms with Crippen LogP contribution in [-0.4, -0.2) is 22.6 Å². The topological polar surface area (TPSA) is 62.2 Å². The van der Waals surface area contributed by atoms with Crippen LogP contribution in [0.1, 0.15) is 28.5 Å². The molecule has 0 atom stereocenters. The fraction of sp³-hybridized carbons (Fsp3) is 0.176. The normalized spacial score (nSPS) is 9.62. The van der Waals surface area contributed by atoms with Gasteiger partial charge in [0.2, 0.25) is 0 Å². The average Bonchev–Trinajstić information content (AvgIpc) is 2.53. The number of aromatic nitrogens is 1. The van der Waals surface area contributed by atoms with E-state index in [1.165, 1.54) is 6.20 Å². The van der Waals surface area contributed by atoms with Crippen molar-refractivity contribution in [1.29, 1.82) is 0 Å². The molecule has 0 aliphatic carbocycles. The van der Waals surface area contributed by atoms with Crippen LogP contribution in [0.3, 0.4) is 0 Å². The number of carbonyl (C=O) groups is 1. The van der Waals surface area contributed by atoms with Crippen LogP contribution in [0.15, 0.2) is 42.6 Å². The van der Waals surface area contributed by atoms with E-state index in [0.717, 1.165) is 17.7 Å². The van der Waals surface area contributed by atoms with Crippen molar-refractivity contribution in [3.05, 3.63) is 59.4 Å². The molecule has 1 heterocycles. The number of aliphatic hydroxyl groups excluding tert-OH is 1. The van der Waals surface area contributed by atoms with Gasteiger partial charge in [0.15, 0.2) is 0 Å². The summed E-state index contributed by atoms with van der Waals surface area (Å²) in [7, 11) is 0. The van der Waals surface area contributed by atoms with Gasteiger partial charge in [-0.2, -0.15) is 0 Å². The number of aryl methyl sites for hydroxylation is 1. The Morgan fingerprint density at radius 3 is 2.86 bits per heavy atom. The fourth-order valence-corrected chi connectivity index (χ4v) is 1.81. The summed E-state index contributed by atoms with van der Waals surface area (Å²) in [5, 5.41) is 11.4. The first-order valence-corrected chi connectivity index (χ1v) is 6.69. The molecular formula is C17H16N2O2. The van der Waals surface area contributed by atoms with Gasteiger partial charge >= 0.3 is 0 Å². The molecule has 0 fully saturated rings. The molecule has 2 rings (SSSR count). The molecule has 4 heteroatoms. The molecular weight excluding hydrogens is 264 g/mol. The summed E-state index contributed by atoms with van der Waals surface area (Å²) in [6.07, 6.45) is 2.43. The van der Waals surface area contributed by atoms with Crippen LogP contribution in [0.2, 0.25) is 0 Å². The summed E-state index contributed by atoms with van der Waals surface area (Å²) in [5.41, 5.74) is 2.90. The first-order chi connectivity index (χ1) is 10.2. The Balaban J connectivity index is 2.09. The van der Waals surface area contributed by atoms with Crippen LogP contribution in [0, 0.1) is 11.8 Å². The van der Waals surface area contributed by atoms with E-state index >= 15 is 0 Å². The van der Waals surface area contributed by atoms with E-state index in [1.807, 2.05) is 24.3 Å². The molecule has 21 heavy (non-hydrogen) atoms. The van der Waals surface area contributed by atoms with Gasteiger partial charge in [0, 0.05) is 17.4 Å². The van der Waals surface area contributed by atoms with Crippen molar-refractivity contribution in [2.24, 2.45) is 0 Å². The summed E-state index contributed by atoms with van der Waals surface area (Å²) < 4.78 is 0. The van der Waals surface area contributed by atoms with E-state index in [-0.39, 0.29) is 12.5 Å². The van der Waals surface area contributed by atoms with Gasteiger partial charge in [-0.3, -0.25) is 4.79 Å². The highest BCUT2D eigenvalue weighted by Crippen LogP contribution is 2.12. The minimum Gasteiger partial charge on any atom is -0.384 e. The molecule has 0 bridgehead atoms. The van der Waals surface area contributed by atoms with Crippen LogP contribution < -0.4 is 5.32 Å². The van der Waals surface area contributed by atoms with Gasteiger partial charge in [-0.15, -0.1) is 0 Å². The molecule has 4 nitrogen and oxygen atoms in total. The van der Waals surface area contributed by atoms with Gasteiger partial charge in [-0.1, -0.05) is 30.9 Å². The number of carbonyl (C=O) groups excluding carboxylic acids is 1. The van der Waals surface area contributed by atoms with E-state index < -0.39 is 0 Å². The quantitative estimate of drug-likeness (QED) is 0.848. The predicted molar refractivity (Wildman–Crippen MR) is 82.0 cm³/mol. The zero-order valence-electron chi connectivity index (χ0n) is 11.8. The third-order valence-electron chi connectivity index (χ3n) is 2.90. The molecule has 2 aromatic rings. The maximum absolute atomic E-state index is 12.1. The number of nitrogens with one attached hydrogen (secondary N) is 1. The fourth-order valence-electron chi connectivity index (χ4n) is 1.81. The van der Waals surface area contributed by atoms with Gasteiger partial charge in [0.1, 0.15) is 12.3 Å². The Morgan fingerprint density at radius 2 is 2.19 bits per heavy atom.